The van der Waals surface area contributed by atoms with Crippen molar-refractivity contribution in [1.29, 1.82) is 0 Å². The van der Waals surface area contributed by atoms with Crippen molar-refractivity contribution in [3.63, 3.8) is 0 Å². The van der Waals surface area contributed by atoms with Crippen LogP contribution in [0.2, 0.25) is 0 Å². The van der Waals surface area contributed by atoms with Gasteiger partial charge in [0.1, 0.15) is 0 Å². The average Bonchev–Trinajstić information content (AvgIpc) is 2.43. The minimum absolute atomic E-state index is 0.419. The molecule has 2 rings (SSSR count). The summed E-state index contributed by atoms with van der Waals surface area (Å²) in [4.78, 5) is 10.6. The lowest BCUT2D eigenvalue weighted by atomic mass is 9.79. The van der Waals surface area contributed by atoms with E-state index in [9.17, 15) is 4.79 Å². The van der Waals surface area contributed by atoms with Crippen molar-refractivity contribution in [3.05, 3.63) is 34.9 Å². The van der Waals surface area contributed by atoms with Gasteiger partial charge in [0.05, 0.1) is 0 Å². The molecule has 0 heterocycles. The van der Waals surface area contributed by atoms with Crippen LogP contribution in [0.1, 0.15) is 55.2 Å². The average molecular weight is 260 g/mol. The van der Waals surface area contributed by atoms with Gasteiger partial charge in [0.2, 0.25) is 0 Å². The molecule has 1 aliphatic rings. The molecule has 0 spiro atoms. The van der Waals surface area contributed by atoms with E-state index in [0.29, 0.717) is 12.5 Å². The molecule has 0 fully saturated rings. The second-order valence-corrected chi connectivity index (χ2v) is 5.41. The molecule has 3 nitrogen and oxygen atoms in total. The molecule has 19 heavy (non-hydrogen) atoms. The van der Waals surface area contributed by atoms with Gasteiger partial charge in [-0.15, -0.1) is 0 Å². The van der Waals surface area contributed by atoms with Crippen molar-refractivity contribution >= 4 is 6.03 Å². The first-order chi connectivity index (χ1) is 9.20. The molecule has 0 saturated heterocycles. The number of fused-ring (bicyclic) bond motifs is 1. The van der Waals surface area contributed by atoms with Crippen LogP contribution in [0.3, 0.4) is 0 Å². The second-order valence-electron chi connectivity index (χ2n) is 5.41. The maximum atomic E-state index is 10.6. The molecular formula is C16H24N2O. The number of amides is 2. The first-order valence-electron chi connectivity index (χ1n) is 7.35. The maximum Gasteiger partial charge on any atom is 0.312 e. The first-order valence-corrected chi connectivity index (χ1v) is 7.35. The van der Waals surface area contributed by atoms with Gasteiger partial charge < -0.3 is 11.1 Å². The van der Waals surface area contributed by atoms with E-state index in [2.05, 4.69) is 30.4 Å². The number of aryl methyl sites for hydroxylation is 2. The molecule has 1 aliphatic carbocycles. The topological polar surface area (TPSA) is 55.1 Å². The quantitative estimate of drug-likeness (QED) is 0.785. The zero-order chi connectivity index (χ0) is 13.7. The molecule has 3 heteroatoms. The van der Waals surface area contributed by atoms with Gasteiger partial charge in [-0.1, -0.05) is 25.1 Å². The van der Waals surface area contributed by atoms with E-state index in [1.165, 1.54) is 30.4 Å². The Hall–Kier alpha value is -1.51. The normalized spacial score (nSPS) is 17.8. The van der Waals surface area contributed by atoms with Crippen LogP contribution in [-0.4, -0.2) is 12.6 Å². The summed E-state index contributed by atoms with van der Waals surface area (Å²) in [6.45, 7) is 2.89. The molecule has 0 bridgehead atoms. The van der Waals surface area contributed by atoms with Gasteiger partial charge in [-0.2, -0.15) is 0 Å². The van der Waals surface area contributed by atoms with Crippen molar-refractivity contribution in [2.24, 2.45) is 5.73 Å². The van der Waals surface area contributed by atoms with Crippen LogP contribution >= 0.6 is 0 Å². The predicted octanol–water partition coefficient (Wildman–Crippen LogP) is 3.12. The third-order valence-electron chi connectivity index (χ3n) is 4.09. The largest absolute Gasteiger partial charge is 0.352 e. The summed E-state index contributed by atoms with van der Waals surface area (Å²) in [7, 11) is 0. The number of primary amides is 1. The van der Waals surface area contributed by atoms with Crippen molar-refractivity contribution in [2.45, 2.75) is 51.4 Å². The molecular weight excluding hydrogens is 236 g/mol. The van der Waals surface area contributed by atoms with Gasteiger partial charge in [-0.05, 0) is 61.1 Å². The number of carbonyl (C=O) groups excluding carboxylic acids is 1. The second kappa shape index (κ2) is 6.60. The standard InChI is InChI=1S/C16H24N2O/c1-2-12-8-9-14-6-3-5-13(15(14)11-12)7-4-10-18-16(17)19/h8-9,11,13H,2-7,10H2,1H3,(H3,17,18,19). The van der Waals surface area contributed by atoms with Gasteiger partial charge in [0.25, 0.3) is 0 Å². The van der Waals surface area contributed by atoms with Crippen molar-refractivity contribution in [3.8, 4) is 0 Å². The zero-order valence-corrected chi connectivity index (χ0v) is 11.7. The highest BCUT2D eigenvalue weighted by molar-refractivity contribution is 5.71. The van der Waals surface area contributed by atoms with Crippen LogP contribution in [0.25, 0.3) is 0 Å². The SMILES string of the molecule is CCc1ccc2c(c1)C(CCCNC(N)=O)CCC2. The summed E-state index contributed by atoms with van der Waals surface area (Å²) < 4.78 is 0. The molecule has 0 aliphatic heterocycles. The van der Waals surface area contributed by atoms with E-state index in [1.807, 2.05) is 0 Å². The van der Waals surface area contributed by atoms with Crippen molar-refractivity contribution < 1.29 is 4.79 Å². The fourth-order valence-corrected chi connectivity index (χ4v) is 3.03. The predicted molar refractivity (Wildman–Crippen MR) is 78.3 cm³/mol. The lowest BCUT2D eigenvalue weighted by Gasteiger charge is -2.26. The third-order valence-corrected chi connectivity index (χ3v) is 4.09. The van der Waals surface area contributed by atoms with Gasteiger partial charge >= 0.3 is 6.03 Å². The number of hydrogen-bond acceptors (Lipinski definition) is 1. The molecule has 1 unspecified atom stereocenters. The summed E-state index contributed by atoms with van der Waals surface area (Å²) in [5, 5.41) is 2.67. The van der Waals surface area contributed by atoms with Crippen LogP contribution in [0.5, 0.6) is 0 Å². The van der Waals surface area contributed by atoms with Crippen LogP contribution in [0.15, 0.2) is 18.2 Å². The van der Waals surface area contributed by atoms with Crippen molar-refractivity contribution in [1.82, 2.24) is 5.32 Å². The highest BCUT2D eigenvalue weighted by Crippen LogP contribution is 2.35. The van der Waals surface area contributed by atoms with Crippen LogP contribution in [-0.2, 0) is 12.8 Å². The Bertz CT molecular complexity index is 442. The fraction of sp³-hybridized carbons (Fsp3) is 0.562. The number of carbonyl (C=O) groups is 1. The Morgan fingerprint density at radius 3 is 3.05 bits per heavy atom. The third kappa shape index (κ3) is 3.72. The Kier molecular flexibility index (Phi) is 4.83. The molecule has 1 aromatic rings. The van der Waals surface area contributed by atoms with E-state index < -0.39 is 6.03 Å². The summed E-state index contributed by atoms with van der Waals surface area (Å²) in [6.07, 6.45) is 7.02. The Morgan fingerprint density at radius 2 is 2.32 bits per heavy atom. The summed E-state index contributed by atoms with van der Waals surface area (Å²) >= 11 is 0. The summed E-state index contributed by atoms with van der Waals surface area (Å²) in [5.74, 6) is 0.657. The molecule has 2 amide bonds. The lowest BCUT2D eigenvalue weighted by molar-refractivity contribution is 0.248. The van der Waals surface area contributed by atoms with Gasteiger partial charge in [0, 0.05) is 6.54 Å². The minimum atomic E-state index is -0.419. The van der Waals surface area contributed by atoms with E-state index >= 15 is 0 Å². The first kappa shape index (κ1) is 13.9. The van der Waals surface area contributed by atoms with E-state index in [1.54, 1.807) is 5.56 Å². The van der Waals surface area contributed by atoms with Crippen molar-refractivity contribution in [2.75, 3.05) is 6.54 Å². The van der Waals surface area contributed by atoms with Crippen LogP contribution < -0.4 is 11.1 Å². The van der Waals surface area contributed by atoms with Crippen LogP contribution in [0.4, 0.5) is 4.79 Å². The lowest BCUT2D eigenvalue weighted by Crippen LogP contribution is -2.30. The minimum Gasteiger partial charge on any atom is -0.352 e. The highest BCUT2D eigenvalue weighted by atomic mass is 16.2. The Morgan fingerprint density at radius 1 is 1.47 bits per heavy atom. The number of benzene rings is 1. The smallest absolute Gasteiger partial charge is 0.312 e. The number of nitrogens with one attached hydrogen (secondary N) is 1. The number of urea groups is 1. The molecule has 1 atom stereocenters. The summed E-state index contributed by atoms with van der Waals surface area (Å²) in [6, 6.07) is 6.54. The molecule has 0 saturated carbocycles. The van der Waals surface area contributed by atoms with E-state index in [-0.39, 0.29) is 0 Å². The fourth-order valence-electron chi connectivity index (χ4n) is 3.03. The molecule has 0 radical (unpaired) electrons. The van der Waals surface area contributed by atoms with Gasteiger partial charge in [0.15, 0.2) is 0 Å². The molecule has 104 valence electrons. The molecule has 3 N–H and O–H groups in total. The Labute approximate surface area is 115 Å². The molecule has 1 aromatic carbocycles. The van der Waals surface area contributed by atoms with Crippen LogP contribution in [0, 0.1) is 0 Å². The summed E-state index contributed by atoms with van der Waals surface area (Å²) in [5.41, 5.74) is 9.58. The van der Waals surface area contributed by atoms with E-state index in [0.717, 1.165) is 19.3 Å². The zero-order valence-electron chi connectivity index (χ0n) is 11.7. The number of hydrogen-bond donors (Lipinski definition) is 2. The Balaban J connectivity index is 1.98. The monoisotopic (exact) mass is 260 g/mol. The van der Waals surface area contributed by atoms with E-state index in [4.69, 9.17) is 5.73 Å². The molecule has 0 aromatic heterocycles. The van der Waals surface area contributed by atoms with Gasteiger partial charge in [-0.25, -0.2) is 4.79 Å². The van der Waals surface area contributed by atoms with Gasteiger partial charge in [-0.3, -0.25) is 0 Å². The highest BCUT2D eigenvalue weighted by Gasteiger charge is 2.19. The number of rotatable bonds is 5. The number of nitrogens with two attached hydrogens (primary N) is 1. The maximum absolute atomic E-state index is 10.6.